The van der Waals surface area contributed by atoms with Crippen molar-refractivity contribution in [2.75, 3.05) is 0 Å². The second-order valence-electron chi connectivity index (χ2n) is 1.65. The van der Waals surface area contributed by atoms with Gasteiger partial charge < -0.3 is 0 Å². The van der Waals surface area contributed by atoms with Gasteiger partial charge in [-0.25, -0.2) is 19.1 Å². The van der Waals surface area contributed by atoms with E-state index >= 15 is 0 Å². The van der Waals surface area contributed by atoms with Crippen molar-refractivity contribution in [2.45, 2.75) is 6.92 Å². The van der Waals surface area contributed by atoms with E-state index in [-0.39, 0.29) is 32.7 Å². The van der Waals surface area contributed by atoms with E-state index < -0.39 is 0 Å². The first-order valence-electron chi connectivity index (χ1n) is 3.23. The largest absolute Gasteiger partial charge is 0.245 e. The fourth-order valence-corrected chi connectivity index (χ4v) is 0.342. The molecule has 0 N–H and O–H groups in total. The summed E-state index contributed by atoms with van der Waals surface area (Å²) in [6.07, 6.45) is 3.64. The van der Waals surface area contributed by atoms with Gasteiger partial charge in [0.2, 0.25) is 0 Å². The molecule has 1 aromatic rings. The maximum atomic E-state index is 3.42. The zero-order valence-corrected chi connectivity index (χ0v) is 9.66. The molecule has 1 radical (unpaired) electrons. The van der Waals surface area contributed by atoms with Gasteiger partial charge in [-0.15, -0.1) is 6.92 Å². The first-order valence-corrected chi connectivity index (χ1v) is 3.23. The molecule has 0 nitrogen and oxygen atoms in total. The molecule has 0 unspecified atom stereocenters. The summed E-state index contributed by atoms with van der Waals surface area (Å²) in [5.41, 5.74) is 0. The summed E-state index contributed by atoms with van der Waals surface area (Å²) >= 11 is 0. The molecule has 0 atom stereocenters. The van der Waals surface area contributed by atoms with Crippen LogP contribution in [0.2, 0.25) is 0 Å². The Hall–Kier alpha value is -0.0661. The van der Waals surface area contributed by atoms with E-state index in [0.717, 1.165) is 0 Å². The third-order valence-electron chi connectivity index (χ3n) is 0.843. The SMILES string of the molecule is [CH2-]/C=C/C.[Y].[c-]1ccccc1. The molecule has 0 amide bonds. The number of benzene rings is 1. The van der Waals surface area contributed by atoms with Gasteiger partial charge in [0.15, 0.2) is 0 Å². The first kappa shape index (κ1) is 13.5. The Morgan fingerprint density at radius 1 is 1.18 bits per heavy atom. The number of allylic oxidation sites excluding steroid dienone is 2. The molecule has 0 aromatic heterocycles. The zero-order valence-electron chi connectivity index (χ0n) is 6.83. The average molecular weight is 221 g/mol. The van der Waals surface area contributed by atoms with Crippen molar-refractivity contribution < 1.29 is 32.7 Å². The van der Waals surface area contributed by atoms with Crippen LogP contribution in [0.5, 0.6) is 0 Å². The number of hydrogen-bond acceptors (Lipinski definition) is 0. The van der Waals surface area contributed by atoms with Gasteiger partial charge in [0.1, 0.15) is 0 Å². The molecular formula is C10H12Y-2. The molecular weight excluding hydrogens is 209 g/mol. The molecule has 0 heterocycles. The van der Waals surface area contributed by atoms with E-state index in [2.05, 4.69) is 13.0 Å². The van der Waals surface area contributed by atoms with Crippen LogP contribution in [0.4, 0.5) is 0 Å². The van der Waals surface area contributed by atoms with Gasteiger partial charge >= 0.3 is 0 Å². The predicted molar refractivity (Wildman–Crippen MR) is 45.4 cm³/mol. The molecule has 57 valence electrons. The molecule has 0 saturated carbocycles. The van der Waals surface area contributed by atoms with Gasteiger partial charge in [-0.3, -0.25) is 0 Å². The summed E-state index contributed by atoms with van der Waals surface area (Å²) in [6, 6.07) is 12.5. The second kappa shape index (κ2) is 12.6. The Kier molecular flexibility index (Phi) is 15.5. The van der Waals surface area contributed by atoms with Crippen LogP contribution in [-0.2, 0) is 32.7 Å². The molecule has 0 bridgehead atoms. The Morgan fingerprint density at radius 3 is 1.73 bits per heavy atom. The van der Waals surface area contributed by atoms with Gasteiger partial charge in [0.05, 0.1) is 0 Å². The molecule has 1 heteroatoms. The standard InChI is InChI=1S/C6H5.C4H7.Y/c1-2-4-6-5-3-1;1-3-4-2;/h1-5H;3-4H,1H2,2H3;/q2*-1;/b;4-3+;. The molecule has 0 aliphatic rings. The summed E-state index contributed by atoms with van der Waals surface area (Å²) in [7, 11) is 0. The van der Waals surface area contributed by atoms with Gasteiger partial charge in [0, 0.05) is 32.7 Å². The summed E-state index contributed by atoms with van der Waals surface area (Å²) in [5, 5.41) is 0. The summed E-state index contributed by atoms with van der Waals surface area (Å²) in [5.74, 6) is 0. The summed E-state index contributed by atoms with van der Waals surface area (Å²) < 4.78 is 0. The third kappa shape index (κ3) is 13.0. The zero-order chi connectivity index (χ0) is 7.66. The summed E-state index contributed by atoms with van der Waals surface area (Å²) in [6.45, 7) is 5.36. The van der Waals surface area contributed by atoms with Crippen molar-refractivity contribution in [3.05, 3.63) is 55.5 Å². The topological polar surface area (TPSA) is 0 Å². The average Bonchev–Trinajstić information content (AvgIpc) is 2.08. The van der Waals surface area contributed by atoms with Crippen LogP contribution in [0.1, 0.15) is 6.92 Å². The minimum absolute atomic E-state index is 0. The fraction of sp³-hybridized carbons (Fsp3) is 0.100. The fourth-order valence-electron chi connectivity index (χ4n) is 0.342. The molecule has 0 spiro atoms. The molecule has 0 aliphatic carbocycles. The minimum Gasteiger partial charge on any atom is -0.245 e. The van der Waals surface area contributed by atoms with Gasteiger partial charge in [0.25, 0.3) is 0 Å². The number of rotatable bonds is 0. The van der Waals surface area contributed by atoms with E-state index in [1.54, 1.807) is 6.08 Å². The van der Waals surface area contributed by atoms with Crippen molar-refractivity contribution in [2.24, 2.45) is 0 Å². The smallest absolute Gasteiger partial charge is 0 e. The van der Waals surface area contributed by atoms with Crippen LogP contribution in [-0.4, -0.2) is 0 Å². The Balaban J connectivity index is 0. The van der Waals surface area contributed by atoms with Gasteiger partial charge in [-0.05, 0) is 0 Å². The van der Waals surface area contributed by atoms with Crippen LogP contribution in [0, 0.1) is 13.0 Å². The van der Waals surface area contributed by atoms with Gasteiger partial charge in [-0.1, -0.05) is 0 Å². The molecule has 0 fully saturated rings. The monoisotopic (exact) mass is 221 g/mol. The van der Waals surface area contributed by atoms with Gasteiger partial charge in [-0.2, -0.15) is 36.4 Å². The van der Waals surface area contributed by atoms with Crippen molar-refractivity contribution in [3.8, 4) is 0 Å². The first-order chi connectivity index (χ1) is 4.91. The van der Waals surface area contributed by atoms with E-state index in [1.165, 1.54) is 0 Å². The van der Waals surface area contributed by atoms with Crippen molar-refractivity contribution >= 4 is 0 Å². The van der Waals surface area contributed by atoms with E-state index in [1.807, 2.05) is 43.3 Å². The van der Waals surface area contributed by atoms with Crippen LogP contribution in [0.15, 0.2) is 42.5 Å². The summed E-state index contributed by atoms with van der Waals surface area (Å²) in [4.78, 5) is 0. The Labute approximate surface area is 94.6 Å². The molecule has 11 heavy (non-hydrogen) atoms. The van der Waals surface area contributed by atoms with Crippen LogP contribution >= 0.6 is 0 Å². The Bertz CT molecular complexity index is 125. The van der Waals surface area contributed by atoms with Crippen LogP contribution < -0.4 is 0 Å². The predicted octanol–water partition coefficient (Wildman–Crippen LogP) is 2.88. The molecule has 1 rings (SSSR count). The van der Waals surface area contributed by atoms with Crippen LogP contribution in [0.25, 0.3) is 0 Å². The minimum atomic E-state index is 0. The maximum Gasteiger partial charge on any atom is 0 e. The van der Waals surface area contributed by atoms with E-state index in [9.17, 15) is 0 Å². The van der Waals surface area contributed by atoms with E-state index in [0.29, 0.717) is 0 Å². The van der Waals surface area contributed by atoms with Crippen molar-refractivity contribution in [1.82, 2.24) is 0 Å². The Morgan fingerprint density at radius 2 is 1.64 bits per heavy atom. The maximum absolute atomic E-state index is 3.42. The van der Waals surface area contributed by atoms with Crippen molar-refractivity contribution in [3.63, 3.8) is 0 Å². The van der Waals surface area contributed by atoms with Crippen LogP contribution in [0.3, 0.4) is 0 Å². The third-order valence-corrected chi connectivity index (χ3v) is 0.843. The quantitative estimate of drug-likeness (QED) is 0.591. The van der Waals surface area contributed by atoms with Crippen molar-refractivity contribution in [1.29, 1.82) is 0 Å². The van der Waals surface area contributed by atoms with E-state index in [4.69, 9.17) is 0 Å². The molecule has 0 aliphatic heterocycles. The normalized spacial score (nSPS) is 7.73. The number of hydrogen-bond donors (Lipinski definition) is 0. The second-order valence-corrected chi connectivity index (χ2v) is 1.65. The molecule has 0 saturated heterocycles. The molecule has 1 aromatic carbocycles.